The molecule has 1 saturated carbocycles. The molecule has 1 aromatic heterocycles. The molecule has 1 aliphatic carbocycles. The summed E-state index contributed by atoms with van der Waals surface area (Å²) < 4.78 is 35.0. The first-order chi connectivity index (χ1) is 16.4. The van der Waals surface area contributed by atoms with Gasteiger partial charge in [0.05, 0.1) is 24.3 Å². The normalized spacial score (nSPS) is 18.3. The van der Waals surface area contributed by atoms with Crippen molar-refractivity contribution in [1.82, 2.24) is 19.6 Å². The van der Waals surface area contributed by atoms with Gasteiger partial charge in [-0.2, -0.15) is 9.41 Å². The highest BCUT2D eigenvalue weighted by Gasteiger charge is 2.26. The minimum Gasteiger partial charge on any atom is -0.379 e. The molecule has 2 aromatic rings. The Hall–Kier alpha value is -2.27. The Kier molecular flexibility index (Phi) is 8.02. The molecule has 0 radical (unpaired) electrons. The van der Waals surface area contributed by atoms with Crippen LogP contribution in [0.3, 0.4) is 0 Å². The maximum Gasteiger partial charge on any atom is 0.243 e. The first kappa shape index (κ1) is 24.8. The zero-order chi connectivity index (χ0) is 24.1. The summed E-state index contributed by atoms with van der Waals surface area (Å²) in [5.74, 6) is 0. The van der Waals surface area contributed by atoms with Crippen molar-refractivity contribution in [3.05, 3.63) is 47.3 Å². The van der Waals surface area contributed by atoms with Crippen molar-refractivity contribution in [2.24, 2.45) is 5.10 Å². The van der Waals surface area contributed by atoms with Crippen molar-refractivity contribution in [1.29, 1.82) is 0 Å². The highest BCUT2D eigenvalue weighted by molar-refractivity contribution is 7.89. The van der Waals surface area contributed by atoms with E-state index in [2.05, 4.69) is 15.8 Å². The number of sulfonamides is 1. The van der Waals surface area contributed by atoms with Crippen LogP contribution in [0.1, 0.15) is 49.1 Å². The Bertz CT molecular complexity index is 1150. The number of hydrogen-bond acceptors (Lipinski definition) is 5. The van der Waals surface area contributed by atoms with Crippen LogP contribution < -0.4 is 10.7 Å². The van der Waals surface area contributed by atoms with Crippen molar-refractivity contribution in [3.8, 4) is 5.69 Å². The summed E-state index contributed by atoms with van der Waals surface area (Å²) in [5, 5.41) is 8.21. The molecule has 2 aliphatic rings. The van der Waals surface area contributed by atoms with Gasteiger partial charge in [-0.3, -0.25) is 5.43 Å². The van der Waals surface area contributed by atoms with Crippen LogP contribution in [-0.2, 0) is 14.8 Å². The SMILES string of the molecule is Cc1cc(/C=N/NC(=S)NC2CCCCC2)c(C)n1-c1cccc(S(=O)(=O)N2CCOCC2)c1. The van der Waals surface area contributed by atoms with Crippen molar-refractivity contribution >= 4 is 33.6 Å². The Morgan fingerprint density at radius 3 is 2.62 bits per heavy atom. The van der Waals surface area contributed by atoms with Gasteiger partial charge in [0.15, 0.2) is 5.11 Å². The van der Waals surface area contributed by atoms with Crippen LogP contribution >= 0.6 is 12.2 Å². The van der Waals surface area contributed by atoms with Gasteiger partial charge in [-0.15, -0.1) is 0 Å². The van der Waals surface area contributed by atoms with E-state index in [1.54, 1.807) is 24.4 Å². The third kappa shape index (κ3) is 5.68. The zero-order valence-corrected chi connectivity index (χ0v) is 21.4. The predicted octanol–water partition coefficient (Wildman–Crippen LogP) is 3.25. The second kappa shape index (κ2) is 11.0. The first-order valence-corrected chi connectivity index (χ1v) is 13.7. The number of aromatic nitrogens is 1. The number of aryl methyl sites for hydroxylation is 1. The van der Waals surface area contributed by atoms with Gasteiger partial charge in [0.1, 0.15) is 0 Å². The van der Waals surface area contributed by atoms with E-state index >= 15 is 0 Å². The lowest BCUT2D eigenvalue weighted by atomic mass is 9.96. The van der Waals surface area contributed by atoms with Crippen LogP contribution in [0.4, 0.5) is 0 Å². The molecular weight excluding hydrogens is 470 g/mol. The van der Waals surface area contributed by atoms with Gasteiger partial charge < -0.3 is 14.6 Å². The van der Waals surface area contributed by atoms with Gasteiger partial charge in [-0.1, -0.05) is 25.3 Å². The van der Waals surface area contributed by atoms with Crippen molar-refractivity contribution < 1.29 is 13.2 Å². The maximum absolute atomic E-state index is 13.1. The van der Waals surface area contributed by atoms with E-state index in [4.69, 9.17) is 17.0 Å². The maximum atomic E-state index is 13.1. The van der Waals surface area contributed by atoms with E-state index in [1.807, 2.05) is 30.5 Å². The number of rotatable bonds is 6. The number of nitrogens with one attached hydrogen (secondary N) is 2. The smallest absolute Gasteiger partial charge is 0.243 e. The molecule has 34 heavy (non-hydrogen) atoms. The number of hydrazone groups is 1. The average Bonchev–Trinajstić information content (AvgIpc) is 3.13. The molecule has 0 spiro atoms. The second-order valence-electron chi connectivity index (χ2n) is 8.85. The summed E-state index contributed by atoms with van der Waals surface area (Å²) >= 11 is 5.38. The lowest BCUT2D eigenvalue weighted by molar-refractivity contribution is 0.0730. The molecule has 1 aliphatic heterocycles. The van der Waals surface area contributed by atoms with Crippen LogP contribution in [0.5, 0.6) is 0 Å². The zero-order valence-electron chi connectivity index (χ0n) is 19.8. The molecule has 10 heteroatoms. The molecule has 8 nitrogen and oxygen atoms in total. The molecule has 2 heterocycles. The van der Waals surface area contributed by atoms with Crippen molar-refractivity contribution in [2.75, 3.05) is 26.3 Å². The largest absolute Gasteiger partial charge is 0.379 e. The van der Waals surface area contributed by atoms with Crippen LogP contribution in [0, 0.1) is 13.8 Å². The quantitative estimate of drug-likeness (QED) is 0.358. The lowest BCUT2D eigenvalue weighted by Gasteiger charge is -2.26. The number of hydrogen-bond donors (Lipinski definition) is 2. The monoisotopic (exact) mass is 503 g/mol. The number of morpholine rings is 1. The Balaban J connectivity index is 1.48. The van der Waals surface area contributed by atoms with Crippen LogP contribution in [-0.4, -0.2) is 61.0 Å². The molecule has 2 N–H and O–H groups in total. The second-order valence-corrected chi connectivity index (χ2v) is 11.2. The number of ether oxygens (including phenoxy) is 1. The molecule has 0 unspecified atom stereocenters. The molecule has 4 rings (SSSR count). The number of benzene rings is 1. The summed E-state index contributed by atoms with van der Waals surface area (Å²) in [6, 6.07) is 9.53. The molecule has 0 atom stereocenters. The highest BCUT2D eigenvalue weighted by atomic mass is 32.2. The minimum atomic E-state index is -3.57. The molecular formula is C24H33N5O3S2. The van der Waals surface area contributed by atoms with Gasteiger partial charge >= 0.3 is 0 Å². The van der Waals surface area contributed by atoms with Crippen LogP contribution in [0.15, 0.2) is 40.3 Å². The topological polar surface area (TPSA) is 88.0 Å². The summed E-state index contributed by atoms with van der Waals surface area (Å²) in [6.45, 7) is 5.58. The van der Waals surface area contributed by atoms with Gasteiger partial charge in [-0.05, 0) is 63.2 Å². The van der Waals surface area contributed by atoms with E-state index in [0.29, 0.717) is 37.5 Å². The third-order valence-electron chi connectivity index (χ3n) is 6.46. The van der Waals surface area contributed by atoms with Gasteiger partial charge in [0.25, 0.3) is 0 Å². The summed E-state index contributed by atoms with van der Waals surface area (Å²) in [5.41, 5.74) is 6.62. The lowest BCUT2D eigenvalue weighted by Crippen LogP contribution is -2.40. The third-order valence-corrected chi connectivity index (χ3v) is 8.57. The molecule has 1 aromatic carbocycles. The van der Waals surface area contributed by atoms with Crippen LogP contribution in [0.2, 0.25) is 0 Å². The van der Waals surface area contributed by atoms with Gasteiger partial charge in [-0.25, -0.2) is 8.42 Å². The fourth-order valence-corrected chi connectivity index (χ4v) is 6.33. The van der Waals surface area contributed by atoms with E-state index in [9.17, 15) is 8.42 Å². The van der Waals surface area contributed by atoms with Crippen molar-refractivity contribution in [2.45, 2.75) is 56.9 Å². The van der Waals surface area contributed by atoms with Crippen molar-refractivity contribution in [3.63, 3.8) is 0 Å². The molecule has 1 saturated heterocycles. The van der Waals surface area contributed by atoms with E-state index < -0.39 is 10.0 Å². The minimum absolute atomic E-state index is 0.287. The first-order valence-electron chi connectivity index (χ1n) is 11.8. The molecule has 0 amide bonds. The highest BCUT2D eigenvalue weighted by Crippen LogP contribution is 2.24. The molecule has 184 valence electrons. The average molecular weight is 504 g/mol. The fraction of sp³-hybridized carbons (Fsp3) is 0.500. The van der Waals surface area contributed by atoms with E-state index in [0.717, 1.165) is 35.5 Å². The predicted molar refractivity (Wildman–Crippen MR) is 138 cm³/mol. The molecule has 0 bridgehead atoms. The van der Waals surface area contributed by atoms with Gasteiger partial charge in [0, 0.05) is 41.8 Å². The van der Waals surface area contributed by atoms with E-state index in [-0.39, 0.29) is 4.90 Å². The fourth-order valence-electron chi connectivity index (χ4n) is 4.66. The number of nitrogens with zero attached hydrogens (tertiary/aromatic N) is 3. The summed E-state index contributed by atoms with van der Waals surface area (Å²) in [6.07, 6.45) is 7.82. The Morgan fingerprint density at radius 2 is 1.88 bits per heavy atom. The molecule has 2 fully saturated rings. The van der Waals surface area contributed by atoms with Crippen LogP contribution in [0.25, 0.3) is 5.69 Å². The standard InChI is InChI=1S/C24H33N5O3S2/c1-18-15-20(17-25-27-24(33)26-21-7-4-3-5-8-21)19(2)29(18)22-9-6-10-23(16-22)34(30,31)28-11-13-32-14-12-28/h6,9-10,15-17,21H,3-5,7-8,11-14H2,1-2H3,(H2,26,27,33)/b25-17+. The summed E-state index contributed by atoms with van der Waals surface area (Å²) in [7, 11) is -3.57. The Morgan fingerprint density at radius 1 is 1.15 bits per heavy atom. The van der Waals surface area contributed by atoms with E-state index in [1.165, 1.54) is 23.6 Å². The number of thiocarbonyl (C=S) groups is 1. The Labute approximate surface area is 207 Å². The summed E-state index contributed by atoms with van der Waals surface area (Å²) in [4.78, 5) is 0.287. The van der Waals surface area contributed by atoms with Gasteiger partial charge in [0.2, 0.25) is 10.0 Å².